The second-order valence-corrected chi connectivity index (χ2v) is 9.86. The van der Waals surface area contributed by atoms with Crippen molar-refractivity contribution in [3.8, 4) is 17.2 Å². The van der Waals surface area contributed by atoms with Gasteiger partial charge in [0.15, 0.2) is 18.1 Å². The maximum Gasteiger partial charge on any atom is 0.262 e. The SMILES string of the molecule is COc1ccc(CCNS(=O)(=O)c2ccc(OCC(=O)Nc3ccc(Cl)c(Cl)c3)cc2)cc1OC. The molecule has 3 aromatic carbocycles. The van der Waals surface area contributed by atoms with Crippen molar-refractivity contribution in [1.29, 1.82) is 0 Å². The molecule has 0 fully saturated rings. The summed E-state index contributed by atoms with van der Waals surface area (Å²) in [5.74, 6) is 1.12. The fraction of sp³-hybridized carbons (Fsp3) is 0.208. The van der Waals surface area contributed by atoms with Crippen molar-refractivity contribution in [3.63, 3.8) is 0 Å². The lowest BCUT2D eigenvalue weighted by Crippen LogP contribution is -2.26. The maximum absolute atomic E-state index is 12.6. The molecule has 0 bridgehead atoms. The summed E-state index contributed by atoms with van der Waals surface area (Å²) in [4.78, 5) is 12.2. The van der Waals surface area contributed by atoms with E-state index in [1.54, 1.807) is 38.5 Å². The van der Waals surface area contributed by atoms with Gasteiger partial charge in [-0.3, -0.25) is 4.79 Å². The van der Waals surface area contributed by atoms with E-state index in [0.29, 0.717) is 39.4 Å². The van der Waals surface area contributed by atoms with Crippen LogP contribution in [0.5, 0.6) is 17.2 Å². The zero-order valence-electron chi connectivity index (χ0n) is 19.0. The maximum atomic E-state index is 12.6. The molecule has 186 valence electrons. The Morgan fingerprint density at radius 2 is 1.60 bits per heavy atom. The van der Waals surface area contributed by atoms with E-state index in [1.807, 2.05) is 6.07 Å². The molecular weight excluding hydrogens is 515 g/mol. The van der Waals surface area contributed by atoms with E-state index in [9.17, 15) is 13.2 Å². The smallest absolute Gasteiger partial charge is 0.262 e. The van der Waals surface area contributed by atoms with Crippen LogP contribution in [0.4, 0.5) is 5.69 Å². The zero-order chi connectivity index (χ0) is 25.4. The van der Waals surface area contributed by atoms with Crippen molar-refractivity contribution in [2.24, 2.45) is 0 Å². The molecule has 1 amide bonds. The van der Waals surface area contributed by atoms with Crippen LogP contribution in [-0.2, 0) is 21.2 Å². The lowest BCUT2D eigenvalue weighted by molar-refractivity contribution is -0.118. The number of anilines is 1. The van der Waals surface area contributed by atoms with E-state index in [-0.39, 0.29) is 18.0 Å². The van der Waals surface area contributed by atoms with Crippen molar-refractivity contribution in [3.05, 3.63) is 76.3 Å². The van der Waals surface area contributed by atoms with Crippen molar-refractivity contribution in [2.75, 3.05) is 32.7 Å². The second kappa shape index (κ2) is 12.1. The quantitative estimate of drug-likeness (QED) is 0.371. The van der Waals surface area contributed by atoms with Crippen LogP contribution in [0.1, 0.15) is 5.56 Å². The normalized spacial score (nSPS) is 11.1. The van der Waals surface area contributed by atoms with Gasteiger partial charge in [-0.25, -0.2) is 13.1 Å². The topological polar surface area (TPSA) is 103 Å². The Labute approximate surface area is 214 Å². The standard InChI is InChI=1S/C24H24Cl2N2O6S/c1-32-22-10-3-16(13-23(22)33-2)11-12-27-35(30,31)19-7-5-18(6-8-19)34-15-24(29)28-17-4-9-20(25)21(26)14-17/h3-10,13-14,27H,11-12,15H2,1-2H3,(H,28,29). The summed E-state index contributed by atoms with van der Waals surface area (Å²) in [6, 6.07) is 15.9. The van der Waals surface area contributed by atoms with Gasteiger partial charge >= 0.3 is 0 Å². The van der Waals surface area contributed by atoms with Crippen molar-refractivity contribution < 1.29 is 27.4 Å². The van der Waals surface area contributed by atoms with Gasteiger partial charge in [0.25, 0.3) is 5.91 Å². The summed E-state index contributed by atoms with van der Waals surface area (Å²) < 4.78 is 43.7. The van der Waals surface area contributed by atoms with Crippen LogP contribution < -0.4 is 24.2 Å². The number of rotatable bonds is 11. The number of amides is 1. The van der Waals surface area contributed by atoms with Crippen LogP contribution in [0.2, 0.25) is 10.0 Å². The monoisotopic (exact) mass is 538 g/mol. The molecule has 0 aliphatic carbocycles. The first-order valence-corrected chi connectivity index (χ1v) is 12.6. The van der Waals surface area contributed by atoms with Crippen LogP contribution in [0.15, 0.2) is 65.6 Å². The fourth-order valence-corrected chi connectivity index (χ4v) is 4.41. The van der Waals surface area contributed by atoms with E-state index in [4.69, 9.17) is 37.4 Å². The van der Waals surface area contributed by atoms with E-state index in [0.717, 1.165) is 5.56 Å². The number of benzene rings is 3. The number of ether oxygens (including phenoxy) is 3. The van der Waals surface area contributed by atoms with Gasteiger partial charge in [0.05, 0.1) is 29.2 Å². The summed E-state index contributed by atoms with van der Waals surface area (Å²) >= 11 is 11.8. The summed E-state index contributed by atoms with van der Waals surface area (Å²) in [7, 11) is -0.628. The molecule has 35 heavy (non-hydrogen) atoms. The van der Waals surface area contributed by atoms with Crippen molar-refractivity contribution in [1.82, 2.24) is 4.72 Å². The Balaban J connectivity index is 1.50. The molecule has 0 aliphatic heterocycles. The molecule has 0 atom stereocenters. The third-order valence-corrected chi connectivity index (χ3v) is 7.08. The van der Waals surface area contributed by atoms with Crippen molar-refractivity contribution >= 4 is 44.8 Å². The third-order valence-electron chi connectivity index (χ3n) is 4.86. The lowest BCUT2D eigenvalue weighted by atomic mass is 10.1. The molecular formula is C24H24Cl2N2O6S. The minimum atomic E-state index is -3.72. The van der Waals surface area contributed by atoms with Crippen LogP contribution >= 0.6 is 23.2 Å². The molecule has 0 aromatic heterocycles. The minimum absolute atomic E-state index is 0.0809. The number of carbonyl (C=O) groups excluding carboxylic acids is 1. The number of hydrogen-bond acceptors (Lipinski definition) is 6. The average Bonchev–Trinajstić information content (AvgIpc) is 2.85. The van der Waals surface area contributed by atoms with E-state index in [2.05, 4.69) is 10.0 Å². The van der Waals surface area contributed by atoms with Crippen LogP contribution in [0, 0.1) is 0 Å². The molecule has 0 spiro atoms. The van der Waals surface area contributed by atoms with Gasteiger partial charge in [-0.1, -0.05) is 29.3 Å². The minimum Gasteiger partial charge on any atom is -0.493 e. The van der Waals surface area contributed by atoms with Gasteiger partial charge in [0, 0.05) is 12.2 Å². The average molecular weight is 539 g/mol. The predicted octanol–water partition coefficient (Wildman–Crippen LogP) is 4.55. The largest absolute Gasteiger partial charge is 0.493 e. The Bertz CT molecular complexity index is 1280. The summed E-state index contributed by atoms with van der Waals surface area (Å²) in [6.07, 6.45) is 0.467. The molecule has 0 unspecified atom stereocenters. The molecule has 8 nitrogen and oxygen atoms in total. The highest BCUT2D eigenvalue weighted by Gasteiger charge is 2.14. The Morgan fingerprint density at radius 1 is 0.886 bits per heavy atom. The summed E-state index contributed by atoms with van der Waals surface area (Å²) in [5, 5.41) is 3.34. The van der Waals surface area contributed by atoms with Gasteiger partial charge in [-0.15, -0.1) is 0 Å². The van der Waals surface area contributed by atoms with Crippen molar-refractivity contribution in [2.45, 2.75) is 11.3 Å². The Morgan fingerprint density at radius 3 is 2.26 bits per heavy atom. The van der Waals surface area contributed by atoms with Crippen LogP contribution in [0.3, 0.4) is 0 Å². The number of methoxy groups -OCH3 is 2. The Kier molecular flexibility index (Phi) is 9.22. The lowest BCUT2D eigenvalue weighted by Gasteiger charge is -2.11. The third kappa shape index (κ3) is 7.50. The summed E-state index contributed by atoms with van der Waals surface area (Å²) in [6.45, 7) is -0.0686. The first-order chi connectivity index (χ1) is 16.7. The fourth-order valence-electron chi connectivity index (χ4n) is 3.08. The van der Waals surface area contributed by atoms with Gasteiger partial charge in [0.2, 0.25) is 10.0 Å². The molecule has 11 heteroatoms. The van der Waals surface area contributed by atoms with E-state index < -0.39 is 15.9 Å². The molecule has 3 aromatic rings. The highest BCUT2D eigenvalue weighted by molar-refractivity contribution is 7.89. The van der Waals surface area contributed by atoms with Crippen LogP contribution in [-0.4, -0.2) is 41.7 Å². The number of sulfonamides is 1. The second-order valence-electron chi connectivity index (χ2n) is 7.27. The first-order valence-electron chi connectivity index (χ1n) is 10.4. The number of hydrogen-bond donors (Lipinski definition) is 2. The van der Waals surface area contributed by atoms with Gasteiger partial charge in [-0.05, 0) is 66.6 Å². The Hall–Kier alpha value is -2.98. The van der Waals surface area contributed by atoms with E-state index >= 15 is 0 Å². The number of halogens is 2. The zero-order valence-corrected chi connectivity index (χ0v) is 21.3. The van der Waals surface area contributed by atoms with Gasteiger partial charge in [-0.2, -0.15) is 0 Å². The highest BCUT2D eigenvalue weighted by Crippen LogP contribution is 2.28. The first kappa shape index (κ1) is 26.6. The molecule has 0 saturated heterocycles. The predicted molar refractivity (Wildman–Crippen MR) is 135 cm³/mol. The van der Waals surface area contributed by atoms with Gasteiger partial charge in [0.1, 0.15) is 5.75 Å². The molecule has 2 N–H and O–H groups in total. The van der Waals surface area contributed by atoms with Gasteiger partial charge < -0.3 is 19.5 Å². The molecule has 0 heterocycles. The van der Waals surface area contributed by atoms with E-state index in [1.165, 1.54) is 30.3 Å². The molecule has 0 aliphatic rings. The highest BCUT2D eigenvalue weighted by atomic mass is 35.5. The molecule has 0 radical (unpaired) electrons. The number of nitrogens with one attached hydrogen (secondary N) is 2. The number of carbonyl (C=O) groups is 1. The molecule has 3 rings (SSSR count). The summed E-state index contributed by atoms with van der Waals surface area (Å²) in [5.41, 5.74) is 1.38. The van der Waals surface area contributed by atoms with Crippen LogP contribution in [0.25, 0.3) is 0 Å². The molecule has 0 saturated carbocycles.